The molecular formula is C19H24N4O2. The fraction of sp³-hybridized carbons (Fsp3) is 0.526. The van der Waals surface area contributed by atoms with Gasteiger partial charge in [0, 0.05) is 38.2 Å². The minimum absolute atomic E-state index is 0.0536. The molecule has 0 atom stereocenters. The number of fused-ring (bicyclic) bond motifs is 1. The molecule has 1 saturated heterocycles. The van der Waals surface area contributed by atoms with Gasteiger partial charge in [-0.1, -0.05) is 0 Å². The van der Waals surface area contributed by atoms with Crippen molar-refractivity contribution in [3.63, 3.8) is 0 Å². The number of amides is 1. The maximum atomic E-state index is 12.9. The van der Waals surface area contributed by atoms with E-state index in [2.05, 4.69) is 14.9 Å². The van der Waals surface area contributed by atoms with E-state index in [1.165, 1.54) is 18.4 Å². The predicted octanol–water partition coefficient (Wildman–Crippen LogP) is 2.53. The van der Waals surface area contributed by atoms with E-state index >= 15 is 0 Å². The summed E-state index contributed by atoms with van der Waals surface area (Å²) in [5.41, 5.74) is 2.99. The third kappa shape index (κ3) is 3.01. The summed E-state index contributed by atoms with van der Waals surface area (Å²) in [7, 11) is 0. The van der Waals surface area contributed by atoms with Gasteiger partial charge in [-0.05, 0) is 39.2 Å². The lowest BCUT2D eigenvalue weighted by Gasteiger charge is -2.21. The van der Waals surface area contributed by atoms with Crippen molar-refractivity contribution in [2.75, 3.05) is 31.1 Å². The van der Waals surface area contributed by atoms with Gasteiger partial charge in [-0.3, -0.25) is 4.79 Å². The number of hydrogen-bond acceptors (Lipinski definition) is 5. The Hall–Kier alpha value is -2.37. The normalized spacial score (nSPS) is 17.5. The molecule has 6 nitrogen and oxygen atoms in total. The second-order valence-electron chi connectivity index (χ2n) is 6.94. The smallest absolute Gasteiger partial charge is 0.257 e. The molecule has 0 spiro atoms. The van der Waals surface area contributed by atoms with Crippen LogP contribution >= 0.6 is 0 Å². The Kier molecular flexibility index (Phi) is 4.19. The Labute approximate surface area is 147 Å². The SMILES string of the molecule is Cc1cc(C(=O)N2CCc3ncnc(N4CCCC4)c3CC2)c(C)o1. The topological polar surface area (TPSA) is 62.5 Å². The number of furan rings is 1. The average Bonchev–Trinajstić information content (AvgIpc) is 3.18. The van der Waals surface area contributed by atoms with Crippen LogP contribution in [0.1, 0.15) is 46.0 Å². The third-order valence-corrected chi connectivity index (χ3v) is 5.23. The highest BCUT2D eigenvalue weighted by atomic mass is 16.3. The van der Waals surface area contributed by atoms with E-state index in [1.807, 2.05) is 24.8 Å². The van der Waals surface area contributed by atoms with Gasteiger partial charge >= 0.3 is 0 Å². The van der Waals surface area contributed by atoms with Gasteiger partial charge in [0.05, 0.1) is 11.3 Å². The molecule has 4 rings (SSSR count). The van der Waals surface area contributed by atoms with Crippen molar-refractivity contribution in [2.45, 2.75) is 39.5 Å². The van der Waals surface area contributed by atoms with Crippen LogP contribution in [0.2, 0.25) is 0 Å². The van der Waals surface area contributed by atoms with Crippen LogP contribution in [0.5, 0.6) is 0 Å². The summed E-state index contributed by atoms with van der Waals surface area (Å²) in [6.07, 6.45) is 5.71. The summed E-state index contributed by atoms with van der Waals surface area (Å²) in [5, 5.41) is 0. The second-order valence-corrected chi connectivity index (χ2v) is 6.94. The van der Waals surface area contributed by atoms with Crippen molar-refractivity contribution in [2.24, 2.45) is 0 Å². The Morgan fingerprint density at radius 3 is 2.56 bits per heavy atom. The van der Waals surface area contributed by atoms with Crippen molar-refractivity contribution in [3.8, 4) is 0 Å². The highest BCUT2D eigenvalue weighted by Gasteiger charge is 2.26. The molecule has 0 aromatic carbocycles. The lowest BCUT2D eigenvalue weighted by molar-refractivity contribution is 0.0761. The van der Waals surface area contributed by atoms with E-state index in [4.69, 9.17) is 4.42 Å². The van der Waals surface area contributed by atoms with Crippen LogP contribution in [0.25, 0.3) is 0 Å². The second kappa shape index (κ2) is 6.50. The zero-order valence-corrected chi connectivity index (χ0v) is 14.9. The lowest BCUT2D eigenvalue weighted by Crippen LogP contribution is -2.33. The molecule has 2 aliphatic rings. The first kappa shape index (κ1) is 16.1. The van der Waals surface area contributed by atoms with Crippen LogP contribution in [-0.4, -0.2) is 47.0 Å². The molecule has 0 saturated carbocycles. The van der Waals surface area contributed by atoms with E-state index in [0.29, 0.717) is 24.4 Å². The first-order valence-electron chi connectivity index (χ1n) is 9.07. The summed E-state index contributed by atoms with van der Waals surface area (Å²) in [6.45, 7) is 7.25. The molecule has 2 aromatic rings. The maximum Gasteiger partial charge on any atom is 0.257 e. The molecule has 6 heteroatoms. The van der Waals surface area contributed by atoms with E-state index in [0.717, 1.165) is 43.2 Å². The first-order chi connectivity index (χ1) is 12.1. The number of aryl methyl sites for hydroxylation is 2. The van der Waals surface area contributed by atoms with E-state index in [1.54, 1.807) is 6.33 Å². The first-order valence-corrected chi connectivity index (χ1v) is 9.07. The molecule has 25 heavy (non-hydrogen) atoms. The number of carbonyl (C=O) groups excluding carboxylic acids is 1. The van der Waals surface area contributed by atoms with Crippen LogP contribution in [-0.2, 0) is 12.8 Å². The quantitative estimate of drug-likeness (QED) is 0.841. The van der Waals surface area contributed by atoms with Gasteiger partial charge in [-0.2, -0.15) is 0 Å². The van der Waals surface area contributed by atoms with Crippen LogP contribution in [0, 0.1) is 13.8 Å². The van der Waals surface area contributed by atoms with E-state index in [-0.39, 0.29) is 5.91 Å². The van der Waals surface area contributed by atoms with Crippen molar-refractivity contribution in [1.29, 1.82) is 0 Å². The summed E-state index contributed by atoms with van der Waals surface area (Å²) in [4.78, 5) is 26.2. The monoisotopic (exact) mass is 340 g/mol. The molecule has 0 bridgehead atoms. The fourth-order valence-corrected chi connectivity index (χ4v) is 3.93. The molecular weight excluding hydrogens is 316 g/mol. The highest BCUT2D eigenvalue weighted by molar-refractivity contribution is 5.95. The Bertz CT molecular complexity index is 793. The molecule has 1 fully saturated rings. The number of nitrogens with zero attached hydrogens (tertiary/aromatic N) is 4. The van der Waals surface area contributed by atoms with Crippen LogP contribution in [0.15, 0.2) is 16.8 Å². The fourth-order valence-electron chi connectivity index (χ4n) is 3.93. The molecule has 132 valence electrons. The highest BCUT2D eigenvalue weighted by Crippen LogP contribution is 2.27. The molecule has 2 aromatic heterocycles. The standard InChI is InChI=1S/C19H24N4O2/c1-13-11-16(14(2)25-13)19(24)23-9-5-15-17(6-10-23)20-12-21-18(15)22-7-3-4-8-22/h11-12H,3-10H2,1-2H3. The predicted molar refractivity (Wildman–Crippen MR) is 95.0 cm³/mol. The summed E-state index contributed by atoms with van der Waals surface area (Å²) in [6, 6.07) is 1.84. The molecule has 0 unspecified atom stereocenters. The molecule has 4 heterocycles. The van der Waals surface area contributed by atoms with Crippen molar-refractivity contribution in [1.82, 2.24) is 14.9 Å². The molecule has 0 radical (unpaired) electrons. The van der Waals surface area contributed by atoms with Crippen molar-refractivity contribution < 1.29 is 9.21 Å². The molecule has 0 N–H and O–H groups in total. The summed E-state index contributed by atoms with van der Waals surface area (Å²) in [5.74, 6) is 2.60. The van der Waals surface area contributed by atoms with Crippen molar-refractivity contribution in [3.05, 3.63) is 40.7 Å². The van der Waals surface area contributed by atoms with Crippen LogP contribution in [0.3, 0.4) is 0 Å². The van der Waals surface area contributed by atoms with Gasteiger partial charge < -0.3 is 14.2 Å². The number of aromatic nitrogens is 2. The van der Waals surface area contributed by atoms with Gasteiger partial charge in [0.15, 0.2) is 0 Å². The Morgan fingerprint density at radius 1 is 1.08 bits per heavy atom. The number of hydrogen-bond donors (Lipinski definition) is 0. The zero-order chi connectivity index (χ0) is 17.4. The average molecular weight is 340 g/mol. The maximum absolute atomic E-state index is 12.9. The summed E-state index contributed by atoms with van der Waals surface area (Å²) < 4.78 is 5.53. The van der Waals surface area contributed by atoms with Gasteiger partial charge in [-0.25, -0.2) is 9.97 Å². The number of rotatable bonds is 2. The van der Waals surface area contributed by atoms with Gasteiger partial charge in [0.25, 0.3) is 5.91 Å². The molecule has 1 amide bonds. The third-order valence-electron chi connectivity index (χ3n) is 5.23. The summed E-state index contributed by atoms with van der Waals surface area (Å²) >= 11 is 0. The Morgan fingerprint density at radius 2 is 1.84 bits per heavy atom. The number of carbonyl (C=O) groups is 1. The minimum atomic E-state index is 0.0536. The molecule has 2 aliphatic heterocycles. The lowest BCUT2D eigenvalue weighted by atomic mass is 10.1. The minimum Gasteiger partial charge on any atom is -0.466 e. The van der Waals surface area contributed by atoms with Gasteiger partial charge in [-0.15, -0.1) is 0 Å². The number of anilines is 1. The van der Waals surface area contributed by atoms with E-state index < -0.39 is 0 Å². The van der Waals surface area contributed by atoms with Crippen LogP contribution in [0.4, 0.5) is 5.82 Å². The Balaban J connectivity index is 1.56. The van der Waals surface area contributed by atoms with Gasteiger partial charge in [0.2, 0.25) is 0 Å². The van der Waals surface area contributed by atoms with E-state index in [9.17, 15) is 4.79 Å². The zero-order valence-electron chi connectivity index (χ0n) is 14.9. The molecule has 0 aliphatic carbocycles. The van der Waals surface area contributed by atoms with Crippen molar-refractivity contribution >= 4 is 11.7 Å². The van der Waals surface area contributed by atoms with Gasteiger partial charge in [0.1, 0.15) is 23.7 Å². The largest absolute Gasteiger partial charge is 0.466 e. The van der Waals surface area contributed by atoms with Crippen LogP contribution < -0.4 is 4.90 Å².